The van der Waals surface area contributed by atoms with Gasteiger partial charge in [0.2, 0.25) is 5.91 Å². The second kappa shape index (κ2) is 6.78. The quantitative estimate of drug-likeness (QED) is 0.902. The van der Waals surface area contributed by atoms with Gasteiger partial charge in [0.25, 0.3) is 0 Å². The second-order valence-corrected chi connectivity index (χ2v) is 6.58. The van der Waals surface area contributed by atoms with E-state index in [1.54, 1.807) is 7.11 Å². The van der Waals surface area contributed by atoms with Crippen LogP contribution >= 0.6 is 0 Å². The average Bonchev–Trinajstić information content (AvgIpc) is 3.11. The molecule has 1 amide bonds. The molecule has 0 fully saturated rings. The van der Waals surface area contributed by atoms with E-state index in [1.807, 2.05) is 39.8 Å². The standard InChI is InChI=1S/C19H24N2O4/c1-10-6-14-7-16(23-5)15(8-17(14)24-10)9-20-19(22)11(2)18-12(3)21-25-13(18)4/h7-8,10-11H,6,9H2,1-5H3,(H,20,22)/t10-,11-/m0/s1. The minimum absolute atomic E-state index is 0.0776. The van der Waals surface area contributed by atoms with Crippen molar-refractivity contribution in [3.05, 3.63) is 40.3 Å². The molecule has 0 bridgehead atoms. The topological polar surface area (TPSA) is 73.6 Å². The monoisotopic (exact) mass is 344 g/mol. The molecule has 0 saturated heterocycles. The number of ether oxygens (including phenoxy) is 2. The second-order valence-electron chi connectivity index (χ2n) is 6.58. The van der Waals surface area contributed by atoms with Gasteiger partial charge in [-0.2, -0.15) is 0 Å². The number of aromatic nitrogens is 1. The Labute approximate surface area is 147 Å². The molecule has 6 nitrogen and oxygen atoms in total. The smallest absolute Gasteiger partial charge is 0.227 e. The Bertz CT molecular complexity index is 777. The van der Waals surface area contributed by atoms with Crippen LogP contribution in [0.15, 0.2) is 16.7 Å². The fraction of sp³-hybridized carbons (Fsp3) is 0.474. The van der Waals surface area contributed by atoms with Crippen LogP contribution < -0.4 is 14.8 Å². The Hall–Kier alpha value is -2.50. The summed E-state index contributed by atoms with van der Waals surface area (Å²) in [7, 11) is 1.64. The first-order valence-electron chi connectivity index (χ1n) is 8.47. The van der Waals surface area contributed by atoms with Gasteiger partial charge in [0.05, 0.1) is 18.7 Å². The van der Waals surface area contributed by atoms with Gasteiger partial charge in [-0.15, -0.1) is 0 Å². The Kier molecular flexibility index (Phi) is 4.70. The van der Waals surface area contributed by atoms with Gasteiger partial charge in [0, 0.05) is 29.7 Å². The van der Waals surface area contributed by atoms with Crippen molar-refractivity contribution in [1.82, 2.24) is 10.5 Å². The van der Waals surface area contributed by atoms with E-state index in [1.165, 1.54) is 0 Å². The third-order valence-electron chi connectivity index (χ3n) is 4.67. The van der Waals surface area contributed by atoms with Gasteiger partial charge in [-0.05, 0) is 39.8 Å². The number of fused-ring (bicyclic) bond motifs is 1. The zero-order chi connectivity index (χ0) is 18.1. The predicted octanol–water partition coefficient (Wildman–Crippen LogP) is 3.04. The van der Waals surface area contributed by atoms with Crippen LogP contribution in [0.5, 0.6) is 11.5 Å². The van der Waals surface area contributed by atoms with Crippen LogP contribution in [0.2, 0.25) is 0 Å². The van der Waals surface area contributed by atoms with Crippen LogP contribution in [0.4, 0.5) is 0 Å². The molecule has 1 aliphatic rings. The fourth-order valence-corrected chi connectivity index (χ4v) is 3.38. The number of aryl methyl sites for hydroxylation is 2. The van der Waals surface area contributed by atoms with E-state index in [-0.39, 0.29) is 17.9 Å². The largest absolute Gasteiger partial charge is 0.496 e. The lowest BCUT2D eigenvalue weighted by Crippen LogP contribution is -2.28. The molecule has 0 radical (unpaired) electrons. The van der Waals surface area contributed by atoms with Crippen LogP contribution in [0.3, 0.4) is 0 Å². The fourth-order valence-electron chi connectivity index (χ4n) is 3.38. The average molecular weight is 344 g/mol. The highest BCUT2D eigenvalue weighted by molar-refractivity contribution is 5.83. The van der Waals surface area contributed by atoms with E-state index in [0.29, 0.717) is 12.3 Å². The first-order valence-corrected chi connectivity index (χ1v) is 8.47. The van der Waals surface area contributed by atoms with Crippen LogP contribution in [-0.4, -0.2) is 24.3 Å². The molecule has 0 saturated carbocycles. The number of hydrogen-bond acceptors (Lipinski definition) is 5. The highest BCUT2D eigenvalue weighted by Crippen LogP contribution is 2.35. The summed E-state index contributed by atoms with van der Waals surface area (Å²) in [5.74, 6) is 1.91. The molecule has 1 N–H and O–H groups in total. The summed E-state index contributed by atoms with van der Waals surface area (Å²) in [5, 5.41) is 6.89. The summed E-state index contributed by atoms with van der Waals surface area (Å²) in [6.45, 7) is 7.94. The van der Waals surface area contributed by atoms with Crippen molar-refractivity contribution in [3.8, 4) is 11.5 Å². The first kappa shape index (κ1) is 17.3. The molecular formula is C19H24N2O4. The van der Waals surface area contributed by atoms with Crippen molar-refractivity contribution >= 4 is 5.91 Å². The maximum Gasteiger partial charge on any atom is 0.227 e. The van der Waals surface area contributed by atoms with Gasteiger partial charge in [-0.1, -0.05) is 5.16 Å². The Morgan fingerprint density at radius 3 is 2.84 bits per heavy atom. The molecule has 0 aliphatic carbocycles. The van der Waals surface area contributed by atoms with Gasteiger partial charge in [0.15, 0.2) is 0 Å². The van der Waals surface area contributed by atoms with E-state index in [9.17, 15) is 4.79 Å². The van der Waals surface area contributed by atoms with Gasteiger partial charge in [-0.25, -0.2) is 0 Å². The third kappa shape index (κ3) is 3.34. The predicted molar refractivity (Wildman–Crippen MR) is 93.0 cm³/mol. The minimum Gasteiger partial charge on any atom is -0.496 e. The molecule has 2 heterocycles. The van der Waals surface area contributed by atoms with Crippen molar-refractivity contribution in [2.45, 2.75) is 52.7 Å². The SMILES string of the molecule is COc1cc2c(cc1CNC(=O)[C@@H](C)c1c(C)noc1C)O[C@@H](C)C2. The molecule has 0 unspecified atom stereocenters. The molecule has 6 heteroatoms. The van der Waals surface area contributed by atoms with Crippen molar-refractivity contribution in [2.75, 3.05) is 7.11 Å². The van der Waals surface area contributed by atoms with Crippen molar-refractivity contribution in [2.24, 2.45) is 0 Å². The zero-order valence-electron chi connectivity index (χ0n) is 15.3. The molecule has 1 aliphatic heterocycles. The number of nitrogens with zero attached hydrogens (tertiary/aromatic N) is 1. The molecular weight excluding hydrogens is 320 g/mol. The number of benzene rings is 1. The number of carbonyl (C=O) groups is 1. The highest BCUT2D eigenvalue weighted by Gasteiger charge is 2.24. The maximum atomic E-state index is 12.6. The Morgan fingerprint density at radius 1 is 1.44 bits per heavy atom. The van der Waals surface area contributed by atoms with Crippen molar-refractivity contribution in [3.63, 3.8) is 0 Å². The molecule has 25 heavy (non-hydrogen) atoms. The van der Waals surface area contributed by atoms with E-state index >= 15 is 0 Å². The number of nitrogens with one attached hydrogen (secondary N) is 1. The molecule has 2 atom stereocenters. The van der Waals surface area contributed by atoms with E-state index in [4.69, 9.17) is 14.0 Å². The molecule has 134 valence electrons. The summed E-state index contributed by atoms with van der Waals surface area (Å²) in [6.07, 6.45) is 1.05. The van der Waals surface area contributed by atoms with Crippen LogP contribution in [0.1, 0.15) is 47.9 Å². The van der Waals surface area contributed by atoms with Gasteiger partial charge in [0.1, 0.15) is 23.4 Å². The van der Waals surface area contributed by atoms with Crippen LogP contribution in [0.25, 0.3) is 0 Å². The number of amides is 1. The van der Waals surface area contributed by atoms with Gasteiger partial charge >= 0.3 is 0 Å². The highest BCUT2D eigenvalue weighted by atomic mass is 16.5. The first-order chi connectivity index (χ1) is 11.9. The van der Waals surface area contributed by atoms with E-state index in [2.05, 4.69) is 10.5 Å². The summed E-state index contributed by atoms with van der Waals surface area (Å²) < 4.78 is 16.4. The molecule has 3 rings (SSSR count). The lowest BCUT2D eigenvalue weighted by atomic mass is 9.98. The normalized spacial score (nSPS) is 16.9. The third-order valence-corrected chi connectivity index (χ3v) is 4.67. The summed E-state index contributed by atoms with van der Waals surface area (Å²) in [6, 6.07) is 3.95. The van der Waals surface area contributed by atoms with Crippen molar-refractivity contribution < 1.29 is 18.8 Å². The summed E-state index contributed by atoms with van der Waals surface area (Å²) >= 11 is 0. The van der Waals surface area contributed by atoms with Gasteiger partial charge in [-0.3, -0.25) is 4.79 Å². The molecule has 1 aromatic carbocycles. The summed E-state index contributed by atoms with van der Waals surface area (Å²) in [4.78, 5) is 12.6. The lowest BCUT2D eigenvalue weighted by Gasteiger charge is -2.15. The number of methoxy groups -OCH3 is 1. The minimum atomic E-state index is -0.331. The molecule has 2 aromatic rings. The van der Waals surface area contributed by atoms with E-state index in [0.717, 1.165) is 40.3 Å². The maximum absolute atomic E-state index is 12.6. The van der Waals surface area contributed by atoms with E-state index < -0.39 is 0 Å². The van der Waals surface area contributed by atoms with Gasteiger partial charge < -0.3 is 19.3 Å². The lowest BCUT2D eigenvalue weighted by molar-refractivity contribution is -0.122. The summed E-state index contributed by atoms with van der Waals surface area (Å²) in [5.41, 5.74) is 3.63. The Morgan fingerprint density at radius 2 is 2.20 bits per heavy atom. The molecule has 0 spiro atoms. The number of carbonyl (C=O) groups excluding carboxylic acids is 1. The number of hydrogen-bond donors (Lipinski definition) is 1. The Balaban J connectivity index is 1.73. The molecule has 1 aromatic heterocycles. The van der Waals surface area contributed by atoms with Crippen LogP contribution in [-0.2, 0) is 17.8 Å². The van der Waals surface area contributed by atoms with Crippen molar-refractivity contribution in [1.29, 1.82) is 0 Å². The number of rotatable bonds is 5. The zero-order valence-corrected chi connectivity index (χ0v) is 15.3. The van der Waals surface area contributed by atoms with Crippen LogP contribution in [0, 0.1) is 13.8 Å².